The first-order chi connectivity index (χ1) is 11.7. The minimum absolute atomic E-state index is 0.0209. The van der Waals surface area contributed by atoms with E-state index in [1.54, 1.807) is 4.90 Å². The Bertz CT molecular complexity index is 628. The fourth-order valence-electron chi connectivity index (χ4n) is 4.37. The molecule has 1 saturated carbocycles. The number of fused-ring (bicyclic) bond motifs is 1. The summed E-state index contributed by atoms with van der Waals surface area (Å²) in [6.07, 6.45) is 7.35. The van der Waals surface area contributed by atoms with Crippen LogP contribution in [0, 0.1) is 5.92 Å². The average Bonchev–Trinajstić information content (AvgIpc) is 3.11. The second-order valence-corrected chi connectivity index (χ2v) is 7.91. The average molecular weight is 348 g/mol. The van der Waals surface area contributed by atoms with Gasteiger partial charge in [0, 0.05) is 18.0 Å². The van der Waals surface area contributed by atoms with E-state index in [1.807, 2.05) is 11.4 Å². The molecule has 0 aromatic carbocycles. The maximum Gasteiger partial charge on any atom is 0.255 e. The van der Waals surface area contributed by atoms with Gasteiger partial charge in [0.2, 0.25) is 0 Å². The van der Waals surface area contributed by atoms with Crippen LogP contribution in [-0.4, -0.2) is 49.1 Å². The quantitative estimate of drug-likeness (QED) is 0.826. The molecule has 24 heavy (non-hydrogen) atoms. The Morgan fingerprint density at radius 1 is 1.17 bits per heavy atom. The first kappa shape index (κ1) is 16.1. The van der Waals surface area contributed by atoms with Gasteiger partial charge in [0.15, 0.2) is 0 Å². The van der Waals surface area contributed by atoms with Crippen LogP contribution >= 0.6 is 11.3 Å². The van der Waals surface area contributed by atoms with Crippen molar-refractivity contribution in [1.29, 1.82) is 0 Å². The van der Waals surface area contributed by atoms with E-state index < -0.39 is 0 Å². The molecule has 1 aliphatic carbocycles. The number of thiophene rings is 1. The molecule has 0 N–H and O–H groups in total. The van der Waals surface area contributed by atoms with Crippen molar-refractivity contribution in [3.05, 3.63) is 17.0 Å². The molecule has 2 unspecified atom stereocenters. The molecule has 4 rings (SSSR count). The number of carbonyl (C=O) groups excluding carboxylic acids is 2. The highest BCUT2D eigenvalue weighted by atomic mass is 32.1. The fraction of sp³-hybridized carbons (Fsp3) is 0.667. The second kappa shape index (κ2) is 6.84. The molecule has 2 saturated heterocycles. The first-order valence-corrected chi connectivity index (χ1v) is 9.89. The summed E-state index contributed by atoms with van der Waals surface area (Å²) < 4.78 is 5.18. The predicted octanol–water partition coefficient (Wildman–Crippen LogP) is 2.91. The molecular weight excluding hydrogens is 324 g/mol. The largest absolute Gasteiger partial charge is 0.370 e. The van der Waals surface area contributed by atoms with Gasteiger partial charge in [0.1, 0.15) is 6.61 Å². The summed E-state index contributed by atoms with van der Waals surface area (Å²) >= 11 is 1.48. The minimum atomic E-state index is -0.0209. The van der Waals surface area contributed by atoms with Crippen LogP contribution in [0.3, 0.4) is 0 Å². The number of nitrogens with zero attached hydrogens (tertiary/aromatic N) is 2. The van der Waals surface area contributed by atoms with Crippen LogP contribution in [0.1, 0.15) is 48.9 Å². The number of morpholine rings is 1. The van der Waals surface area contributed by atoms with E-state index >= 15 is 0 Å². The number of ether oxygens (including phenoxy) is 1. The predicted molar refractivity (Wildman–Crippen MR) is 93.5 cm³/mol. The Hall–Kier alpha value is -1.40. The minimum Gasteiger partial charge on any atom is -0.370 e. The smallest absolute Gasteiger partial charge is 0.255 e. The highest BCUT2D eigenvalue weighted by molar-refractivity contribution is 7.14. The van der Waals surface area contributed by atoms with Gasteiger partial charge in [-0.05, 0) is 37.7 Å². The van der Waals surface area contributed by atoms with Crippen LogP contribution in [0.15, 0.2) is 11.4 Å². The highest BCUT2D eigenvalue weighted by Crippen LogP contribution is 2.36. The van der Waals surface area contributed by atoms with E-state index in [2.05, 4.69) is 4.90 Å². The van der Waals surface area contributed by atoms with Crippen molar-refractivity contribution in [3.63, 3.8) is 0 Å². The maximum atomic E-state index is 13.0. The zero-order valence-corrected chi connectivity index (χ0v) is 14.7. The lowest BCUT2D eigenvalue weighted by Gasteiger charge is -2.44. The number of likely N-dealkylation sites (tertiary alicyclic amines) is 1. The molecule has 3 heterocycles. The van der Waals surface area contributed by atoms with Gasteiger partial charge in [-0.25, -0.2) is 0 Å². The van der Waals surface area contributed by atoms with Crippen molar-refractivity contribution in [2.75, 3.05) is 31.2 Å². The molecule has 0 bridgehead atoms. The fourth-order valence-corrected chi connectivity index (χ4v) is 5.30. The molecule has 0 radical (unpaired) electrons. The third-order valence-electron chi connectivity index (χ3n) is 5.59. The molecule has 5 nitrogen and oxygen atoms in total. The van der Waals surface area contributed by atoms with Crippen LogP contribution in [-0.2, 0) is 9.53 Å². The molecule has 1 aromatic heterocycles. The Labute approximate surface area is 146 Å². The van der Waals surface area contributed by atoms with Gasteiger partial charge in [-0.2, -0.15) is 0 Å². The number of amides is 2. The Kier molecular flexibility index (Phi) is 4.59. The van der Waals surface area contributed by atoms with Gasteiger partial charge in [0.25, 0.3) is 11.8 Å². The molecule has 2 amide bonds. The Morgan fingerprint density at radius 3 is 2.88 bits per heavy atom. The molecular formula is C18H24N2O3S. The van der Waals surface area contributed by atoms with Crippen molar-refractivity contribution in [2.24, 2.45) is 5.92 Å². The Balaban J connectivity index is 1.51. The Morgan fingerprint density at radius 2 is 2.00 bits per heavy atom. The van der Waals surface area contributed by atoms with E-state index in [4.69, 9.17) is 4.74 Å². The summed E-state index contributed by atoms with van der Waals surface area (Å²) in [6, 6.07) is 2.32. The third kappa shape index (κ3) is 2.97. The summed E-state index contributed by atoms with van der Waals surface area (Å²) in [4.78, 5) is 28.9. The summed E-state index contributed by atoms with van der Waals surface area (Å²) in [6.45, 7) is 2.14. The van der Waals surface area contributed by atoms with Gasteiger partial charge in [-0.1, -0.05) is 12.8 Å². The number of carbonyl (C=O) groups is 2. The zero-order valence-electron chi connectivity index (χ0n) is 13.9. The van der Waals surface area contributed by atoms with E-state index in [9.17, 15) is 9.59 Å². The van der Waals surface area contributed by atoms with Crippen LogP contribution in [0.4, 0.5) is 5.00 Å². The van der Waals surface area contributed by atoms with E-state index in [1.165, 1.54) is 37.0 Å². The number of hydrogen-bond donors (Lipinski definition) is 0. The topological polar surface area (TPSA) is 49.9 Å². The molecule has 1 aromatic rings. The maximum absolute atomic E-state index is 13.0. The molecule has 3 fully saturated rings. The number of rotatable bonds is 2. The van der Waals surface area contributed by atoms with E-state index in [0.29, 0.717) is 25.1 Å². The number of anilines is 1. The van der Waals surface area contributed by atoms with Gasteiger partial charge < -0.3 is 9.64 Å². The molecule has 6 heteroatoms. The van der Waals surface area contributed by atoms with Gasteiger partial charge in [0.05, 0.1) is 23.7 Å². The lowest BCUT2D eigenvalue weighted by molar-refractivity contribution is -0.125. The van der Waals surface area contributed by atoms with E-state index in [0.717, 1.165) is 30.0 Å². The SMILES string of the molecule is O=C1COCCN1c1cc(C(=O)N2CCCC3CCCCC32)cs1. The summed E-state index contributed by atoms with van der Waals surface area (Å²) in [5.41, 5.74) is 0.737. The molecule has 3 aliphatic rings. The third-order valence-corrected chi connectivity index (χ3v) is 6.54. The lowest BCUT2D eigenvalue weighted by Crippen LogP contribution is -2.49. The highest BCUT2D eigenvalue weighted by Gasteiger charge is 2.36. The van der Waals surface area contributed by atoms with Crippen LogP contribution < -0.4 is 4.90 Å². The van der Waals surface area contributed by atoms with Crippen molar-refractivity contribution >= 4 is 28.2 Å². The lowest BCUT2D eigenvalue weighted by atomic mass is 9.78. The van der Waals surface area contributed by atoms with E-state index in [-0.39, 0.29) is 18.4 Å². The number of hydrogen-bond acceptors (Lipinski definition) is 4. The molecule has 0 spiro atoms. The van der Waals surface area contributed by atoms with Crippen molar-refractivity contribution in [3.8, 4) is 0 Å². The van der Waals surface area contributed by atoms with Gasteiger partial charge >= 0.3 is 0 Å². The van der Waals surface area contributed by atoms with Crippen LogP contribution in [0.5, 0.6) is 0 Å². The van der Waals surface area contributed by atoms with Crippen LogP contribution in [0.2, 0.25) is 0 Å². The summed E-state index contributed by atoms with van der Waals surface area (Å²) in [5, 5.41) is 2.77. The summed E-state index contributed by atoms with van der Waals surface area (Å²) in [5.74, 6) is 0.817. The van der Waals surface area contributed by atoms with Crippen molar-refractivity contribution < 1.29 is 14.3 Å². The van der Waals surface area contributed by atoms with Crippen molar-refractivity contribution in [2.45, 2.75) is 44.6 Å². The van der Waals surface area contributed by atoms with Crippen molar-refractivity contribution in [1.82, 2.24) is 4.90 Å². The standard InChI is InChI=1S/C18H24N2O3S/c21-16-11-23-9-8-20(16)17-10-14(12-24-17)18(22)19-7-3-5-13-4-1-2-6-15(13)19/h10,12-13,15H,1-9,11H2. The number of piperidine rings is 1. The second-order valence-electron chi connectivity index (χ2n) is 7.02. The zero-order chi connectivity index (χ0) is 16.5. The molecule has 2 aliphatic heterocycles. The van der Waals surface area contributed by atoms with Gasteiger partial charge in [-0.3, -0.25) is 14.5 Å². The van der Waals surface area contributed by atoms with Crippen LogP contribution in [0.25, 0.3) is 0 Å². The monoisotopic (exact) mass is 348 g/mol. The summed E-state index contributed by atoms with van der Waals surface area (Å²) in [7, 11) is 0. The normalized spacial score (nSPS) is 27.9. The molecule has 130 valence electrons. The van der Waals surface area contributed by atoms with Gasteiger partial charge in [-0.15, -0.1) is 11.3 Å². The first-order valence-electron chi connectivity index (χ1n) is 9.01. The molecule has 2 atom stereocenters.